The number of hydrogen-bond donors (Lipinski definition) is 2. The lowest BCUT2D eigenvalue weighted by molar-refractivity contribution is -0.131. The SMILES string of the molecule is CCn1cc(C(=O)O)c(=O)c2cc(F)c(N3CCN(C(=O)CCCNC(=O)c4cnccn4)CC3)cc21. The van der Waals surface area contributed by atoms with Crippen LogP contribution in [-0.2, 0) is 11.3 Å². The number of hydrogen-bond acceptors (Lipinski definition) is 7. The Balaban J connectivity index is 1.36. The van der Waals surface area contributed by atoms with E-state index in [1.807, 2.05) is 11.8 Å². The van der Waals surface area contributed by atoms with Crippen LogP contribution in [0.4, 0.5) is 10.1 Å². The number of piperazine rings is 1. The molecular formula is C25H27FN6O5. The van der Waals surface area contributed by atoms with Gasteiger partial charge in [0.25, 0.3) is 5.91 Å². The number of carbonyl (C=O) groups is 3. The number of aromatic carboxylic acids is 1. The number of fused-ring (bicyclic) bond motifs is 1. The summed E-state index contributed by atoms with van der Waals surface area (Å²) in [6, 6.07) is 2.66. The van der Waals surface area contributed by atoms with Gasteiger partial charge in [-0.15, -0.1) is 0 Å². The molecule has 1 aromatic carbocycles. The Bertz CT molecular complexity index is 1390. The standard InChI is InChI=1S/C25H27FN6O5/c1-2-30-15-17(25(36)37)23(34)16-12-18(26)21(13-20(16)30)31-8-10-32(11-9-31)22(33)4-3-5-29-24(35)19-14-27-6-7-28-19/h6-7,12-15H,2-5,8-11H2,1H3,(H,29,35)(H,36,37). The highest BCUT2D eigenvalue weighted by molar-refractivity contribution is 5.93. The topological polar surface area (TPSA) is 138 Å². The summed E-state index contributed by atoms with van der Waals surface area (Å²) in [6.07, 6.45) is 6.29. The van der Waals surface area contributed by atoms with Gasteiger partial charge in [0.2, 0.25) is 11.3 Å². The molecule has 0 bridgehead atoms. The number of carboxylic acid groups (broad SMARTS) is 1. The molecule has 0 unspecified atom stereocenters. The minimum Gasteiger partial charge on any atom is -0.477 e. The second-order valence-electron chi connectivity index (χ2n) is 8.60. The van der Waals surface area contributed by atoms with E-state index in [1.54, 1.807) is 15.5 Å². The van der Waals surface area contributed by atoms with Crippen LogP contribution in [-0.4, -0.2) is 75.0 Å². The fraction of sp³-hybridized carbons (Fsp3) is 0.360. The zero-order valence-corrected chi connectivity index (χ0v) is 20.3. The smallest absolute Gasteiger partial charge is 0.341 e. The van der Waals surface area contributed by atoms with Crippen molar-refractivity contribution < 1.29 is 23.9 Å². The Hall–Kier alpha value is -4.35. The first kappa shape index (κ1) is 25.7. The highest BCUT2D eigenvalue weighted by Crippen LogP contribution is 2.26. The molecule has 0 saturated carbocycles. The maximum absolute atomic E-state index is 15.0. The van der Waals surface area contributed by atoms with Gasteiger partial charge in [-0.2, -0.15) is 0 Å². The Morgan fingerprint density at radius 3 is 2.54 bits per heavy atom. The summed E-state index contributed by atoms with van der Waals surface area (Å²) in [7, 11) is 0. The number of nitrogens with one attached hydrogen (secondary N) is 1. The highest BCUT2D eigenvalue weighted by atomic mass is 19.1. The monoisotopic (exact) mass is 510 g/mol. The van der Waals surface area contributed by atoms with Crippen molar-refractivity contribution >= 4 is 34.4 Å². The minimum atomic E-state index is -1.35. The average Bonchev–Trinajstić information content (AvgIpc) is 2.91. The van der Waals surface area contributed by atoms with Gasteiger partial charge < -0.3 is 24.8 Å². The normalized spacial score (nSPS) is 13.6. The third-order valence-electron chi connectivity index (χ3n) is 6.34. The molecule has 2 amide bonds. The van der Waals surface area contributed by atoms with Crippen molar-refractivity contribution in [3.8, 4) is 0 Å². The number of carbonyl (C=O) groups excluding carboxylic acids is 2. The van der Waals surface area contributed by atoms with Gasteiger partial charge >= 0.3 is 5.97 Å². The van der Waals surface area contributed by atoms with E-state index in [2.05, 4.69) is 15.3 Å². The van der Waals surface area contributed by atoms with Crippen LogP contribution in [0, 0.1) is 5.82 Å². The molecule has 2 aromatic heterocycles. The van der Waals surface area contributed by atoms with Gasteiger partial charge in [-0.05, 0) is 25.5 Å². The van der Waals surface area contributed by atoms with Crippen LogP contribution < -0.4 is 15.6 Å². The lowest BCUT2D eigenvalue weighted by Gasteiger charge is -2.36. The molecule has 1 aliphatic rings. The summed E-state index contributed by atoms with van der Waals surface area (Å²) in [6.45, 7) is 4.16. The number of benzene rings is 1. The molecular weight excluding hydrogens is 483 g/mol. The van der Waals surface area contributed by atoms with Crippen molar-refractivity contribution in [2.24, 2.45) is 0 Å². The molecule has 12 heteroatoms. The quantitative estimate of drug-likeness (QED) is 0.435. The van der Waals surface area contributed by atoms with Gasteiger partial charge in [-0.3, -0.25) is 19.4 Å². The molecule has 1 saturated heterocycles. The first-order valence-electron chi connectivity index (χ1n) is 12.0. The molecule has 194 valence electrons. The number of anilines is 1. The van der Waals surface area contributed by atoms with Gasteiger partial charge in [-0.25, -0.2) is 14.2 Å². The van der Waals surface area contributed by atoms with E-state index < -0.39 is 22.8 Å². The summed E-state index contributed by atoms with van der Waals surface area (Å²) >= 11 is 0. The number of carboxylic acids is 1. The van der Waals surface area contributed by atoms with Crippen LogP contribution in [0.25, 0.3) is 10.9 Å². The fourth-order valence-electron chi connectivity index (χ4n) is 4.36. The van der Waals surface area contributed by atoms with Crippen molar-refractivity contribution in [1.29, 1.82) is 0 Å². The fourth-order valence-corrected chi connectivity index (χ4v) is 4.36. The van der Waals surface area contributed by atoms with Gasteiger partial charge in [0, 0.05) is 69.7 Å². The van der Waals surface area contributed by atoms with Crippen molar-refractivity contribution in [2.75, 3.05) is 37.6 Å². The minimum absolute atomic E-state index is 0.0169. The van der Waals surface area contributed by atoms with E-state index >= 15 is 4.39 Å². The van der Waals surface area contributed by atoms with Gasteiger partial charge in [0.05, 0.1) is 17.4 Å². The summed E-state index contributed by atoms with van der Waals surface area (Å²) in [4.78, 5) is 59.9. The van der Waals surface area contributed by atoms with E-state index in [-0.39, 0.29) is 29.3 Å². The predicted molar refractivity (Wildman–Crippen MR) is 133 cm³/mol. The summed E-state index contributed by atoms with van der Waals surface area (Å²) in [5.41, 5.74) is -0.154. The van der Waals surface area contributed by atoms with E-state index in [0.29, 0.717) is 56.9 Å². The molecule has 1 fully saturated rings. The molecule has 3 heterocycles. The number of amides is 2. The number of rotatable bonds is 8. The second kappa shape index (κ2) is 11.1. The Morgan fingerprint density at radius 1 is 1.14 bits per heavy atom. The van der Waals surface area contributed by atoms with E-state index in [4.69, 9.17) is 0 Å². The lowest BCUT2D eigenvalue weighted by atomic mass is 10.1. The Labute approximate surface area is 211 Å². The van der Waals surface area contributed by atoms with Crippen LogP contribution >= 0.6 is 0 Å². The van der Waals surface area contributed by atoms with Crippen molar-refractivity contribution in [3.05, 3.63) is 64.2 Å². The number of halogens is 1. The van der Waals surface area contributed by atoms with E-state index in [0.717, 1.165) is 6.07 Å². The molecule has 0 radical (unpaired) electrons. The van der Waals surface area contributed by atoms with Crippen molar-refractivity contribution in [2.45, 2.75) is 26.3 Å². The van der Waals surface area contributed by atoms with Crippen LogP contribution in [0.1, 0.15) is 40.6 Å². The average molecular weight is 511 g/mol. The number of aromatic nitrogens is 3. The zero-order valence-electron chi connectivity index (χ0n) is 20.3. The van der Waals surface area contributed by atoms with Crippen molar-refractivity contribution in [3.63, 3.8) is 0 Å². The predicted octanol–water partition coefficient (Wildman–Crippen LogP) is 1.51. The maximum Gasteiger partial charge on any atom is 0.341 e. The molecule has 3 aromatic rings. The van der Waals surface area contributed by atoms with Crippen LogP contribution in [0.3, 0.4) is 0 Å². The number of aryl methyl sites for hydroxylation is 1. The molecule has 1 aliphatic heterocycles. The molecule has 4 rings (SSSR count). The molecule has 37 heavy (non-hydrogen) atoms. The molecule has 0 atom stereocenters. The van der Waals surface area contributed by atoms with Gasteiger partial charge in [0.15, 0.2) is 0 Å². The number of pyridine rings is 1. The molecule has 0 aliphatic carbocycles. The third-order valence-corrected chi connectivity index (χ3v) is 6.34. The summed E-state index contributed by atoms with van der Waals surface area (Å²) < 4.78 is 16.7. The van der Waals surface area contributed by atoms with Crippen LogP contribution in [0.15, 0.2) is 41.7 Å². The Kier molecular flexibility index (Phi) is 7.75. The second-order valence-corrected chi connectivity index (χ2v) is 8.60. The van der Waals surface area contributed by atoms with Crippen molar-refractivity contribution in [1.82, 2.24) is 24.8 Å². The van der Waals surface area contributed by atoms with Crippen LogP contribution in [0.5, 0.6) is 0 Å². The van der Waals surface area contributed by atoms with Crippen LogP contribution in [0.2, 0.25) is 0 Å². The largest absolute Gasteiger partial charge is 0.477 e. The Morgan fingerprint density at radius 2 is 1.89 bits per heavy atom. The zero-order chi connectivity index (χ0) is 26.5. The summed E-state index contributed by atoms with van der Waals surface area (Å²) in [5.74, 6) is -2.37. The maximum atomic E-state index is 15.0. The third kappa shape index (κ3) is 5.57. The van der Waals surface area contributed by atoms with E-state index in [9.17, 15) is 24.3 Å². The first-order valence-corrected chi connectivity index (χ1v) is 12.0. The summed E-state index contributed by atoms with van der Waals surface area (Å²) in [5, 5.41) is 12.0. The van der Waals surface area contributed by atoms with Gasteiger partial charge in [-0.1, -0.05) is 0 Å². The first-order chi connectivity index (χ1) is 17.8. The van der Waals surface area contributed by atoms with Gasteiger partial charge in [0.1, 0.15) is 17.1 Å². The lowest BCUT2D eigenvalue weighted by Crippen LogP contribution is -2.49. The van der Waals surface area contributed by atoms with E-state index in [1.165, 1.54) is 24.8 Å². The molecule has 0 spiro atoms. The number of nitrogens with zero attached hydrogens (tertiary/aromatic N) is 5. The molecule has 2 N–H and O–H groups in total. The highest BCUT2D eigenvalue weighted by Gasteiger charge is 2.24. The molecule has 11 nitrogen and oxygen atoms in total.